The van der Waals surface area contributed by atoms with Crippen molar-refractivity contribution in [3.8, 4) is 0 Å². The number of aromatic nitrogens is 5. The van der Waals surface area contributed by atoms with Gasteiger partial charge in [0.05, 0.1) is 12.9 Å². The van der Waals surface area contributed by atoms with E-state index in [0.717, 1.165) is 50.4 Å². The molecule has 1 atom stereocenters. The Morgan fingerprint density at radius 2 is 2.04 bits per heavy atom. The smallest absolute Gasteiger partial charge is 0.225 e. The molecule has 1 unspecified atom stereocenters. The van der Waals surface area contributed by atoms with Gasteiger partial charge in [-0.15, -0.1) is 10.2 Å². The van der Waals surface area contributed by atoms with Crippen LogP contribution in [0.1, 0.15) is 56.1 Å². The number of hydrogen-bond donors (Lipinski definition) is 0. The molecule has 1 saturated carbocycles. The predicted octanol–water partition coefficient (Wildman–Crippen LogP) is 1.96. The number of imidazole rings is 1. The third-order valence-electron chi connectivity index (χ3n) is 5.68. The highest BCUT2D eigenvalue weighted by Gasteiger charge is 2.32. The quantitative estimate of drug-likeness (QED) is 0.852. The topological polar surface area (TPSA) is 68.8 Å². The minimum absolute atomic E-state index is 0.259. The van der Waals surface area contributed by atoms with Gasteiger partial charge in [0.15, 0.2) is 5.82 Å². The van der Waals surface area contributed by atoms with Gasteiger partial charge in [0, 0.05) is 44.4 Å². The number of carbonyl (C=O) groups is 1. The summed E-state index contributed by atoms with van der Waals surface area (Å²) >= 11 is 0. The number of piperidine rings is 1. The van der Waals surface area contributed by atoms with Crippen molar-refractivity contribution >= 4 is 5.91 Å². The van der Waals surface area contributed by atoms with Crippen molar-refractivity contribution in [1.29, 1.82) is 0 Å². The van der Waals surface area contributed by atoms with Crippen LogP contribution in [0.15, 0.2) is 18.7 Å². The SMILES string of the molecule is Cn1c(Cn2ccnc2)nnc1C1CCCN(C(=O)C2CCCC2)C1. The Bertz CT molecular complexity index is 716. The molecule has 3 heterocycles. The van der Waals surface area contributed by atoms with Crippen LogP contribution in [0.4, 0.5) is 0 Å². The van der Waals surface area contributed by atoms with Crippen LogP contribution in [0.3, 0.4) is 0 Å². The van der Waals surface area contributed by atoms with Crippen molar-refractivity contribution in [2.75, 3.05) is 13.1 Å². The van der Waals surface area contributed by atoms with E-state index in [9.17, 15) is 4.79 Å². The summed E-state index contributed by atoms with van der Waals surface area (Å²) in [5.41, 5.74) is 0. The van der Waals surface area contributed by atoms with E-state index in [2.05, 4.69) is 24.6 Å². The van der Waals surface area contributed by atoms with Gasteiger partial charge in [-0.2, -0.15) is 0 Å². The number of amides is 1. The summed E-state index contributed by atoms with van der Waals surface area (Å²) in [5, 5.41) is 8.83. The van der Waals surface area contributed by atoms with Crippen molar-refractivity contribution in [2.24, 2.45) is 13.0 Å². The molecule has 0 bridgehead atoms. The molecular weight excluding hydrogens is 316 g/mol. The van der Waals surface area contributed by atoms with Crippen molar-refractivity contribution in [3.05, 3.63) is 30.4 Å². The van der Waals surface area contributed by atoms with Crippen molar-refractivity contribution < 1.29 is 4.79 Å². The monoisotopic (exact) mass is 342 g/mol. The number of nitrogens with zero attached hydrogens (tertiary/aromatic N) is 6. The molecule has 4 rings (SSSR count). The van der Waals surface area contributed by atoms with E-state index in [1.54, 1.807) is 12.5 Å². The molecule has 1 aliphatic carbocycles. The van der Waals surface area contributed by atoms with Crippen LogP contribution in [0.5, 0.6) is 0 Å². The Kier molecular flexibility index (Phi) is 4.55. The lowest BCUT2D eigenvalue weighted by atomic mass is 9.95. The van der Waals surface area contributed by atoms with Gasteiger partial charge in [-0.05, 0) is 25.7 Å². The maximum absolute atomic E-state index is 12.8. The van der Waals surface area contributed by atoms with Crippen LogP contribution >= 0.6 is 0 Å². The first kappa shape index (κ1) is 16.3. The molecule has 25 heavy (non-hydrogen) atoms. The Hall–Kier alpha value is -2.18. The number of carbonyl (C=O) groups excluding carboxylic acids is 1. The molecule has 0 aromatic carbocycles. The molecule has 7 heteroatoms. The van der Waals surface area contributed by atoms with Crippen LogP contribution in [0.25, 0.3) is 0 Å². The zero-order valence-electron chi connectivity index (χ0n) is 14.8. The summed E-state index contributed by atoms with van der Waals surface area (Å²) in [4.78, 5) is 18.9. The fraction of sp³-hybridized carbons (Fsp3) is 0.667. The molecular formula is C18H26N6O. The van der Waals surface area contributed by atoms with Gasteiger partial charge in [-0.25, -0.2) is 4.98 Å². The maximum atomic E-state index is 12.8. The second-order valence-corrected chi connectivity index (χ2v) is 7.37. The summed E-state index contributed by atoms with van der Waals surface area (Å²) < 4.78 is 4.08. The number of rotatable bonds is 4. The molecule has 1 saturated heterocycles. The normalized spacial score (nSPS) is 21.8. The number of likely N-dealkylation sites (tertiary alicyclic amines) is 1. The highest BCUT2D eigenvalue weighted by Crippen LogP contribution is 2.31. The highest BCUT2D eigenvalue weighted by molar-refractivity contribution is 5.79. The molecule has 134 valence electrons. The van der Waals surface area contributed by atoms with Gasteiger partial charge >= 0.3 is 0 Å². The van der Waals surface area contributed by atoms with Crippen molar-refractivity contribution in [2.45, 2.75) is 51.0 Å². The molecule has 2 aliphatic rings. The third kappa shape index (κ3) is 3.32. The molecule has 0 radical (unpaired) electrons. The summed E-state index contributed by atoms with van der Waals surface area (Å²) in [6.45, 7) is 2.35. The Morgan fingerprint density at radius 3 is 2.80 bits per heavy atom. The van der Waals surface area contributed by atoms with Gasteiger partial charge in [0.2, 0.25) is 5.91 Å². The van der Waals surface area contributed by atoms with Crippen LogP contribution in [0.2, 0.25) is 0 Å². The fourth-order valence-electron chi connectivity index (χ4n) is 4.23. The lowest BCUT2D eigenvalue weighted by Gasteiger charge is -2.33. The zero-order valence-corrected chi connectivity index (χ0v) is 14.8. The predicted molar refractivity (Wildman–Crippen MR) is 92.8 cm³/mol. The van der Waals surface area contributed by atoms with E-state index in [0.29, 0.717) is 12.5 Å². The van der Waals surface area contributed by atoms with Gasteiger partial charge in [0.25, 0.3) is 0 Å². The minimum Gasteiger partial charge on any atom is -0.342 e. The van der Waals surface area contributed by atoms with E-state index in [1.165, 1.54) is 12.8 Å². The van der Waals surface area contributed by atoms with Gasteiger partial charge in [-0.1, -0.05) is 12.8 Å². The lowest BCUT2D eigenvalue weighted by molar-refractivity contribution is -0.136. The third-order valence-corrected chi connectivity index (χ3v) is 5.68. The van der Waals surface area contributed by atoms with Crippen LogP contribution in [-0.4, -0.2) is 48.2 Å². The molecule has 1 amide bonds. The molecule has 2 aromatic rings. The van der Waals surface area contributed by atoms with Crippen molar-refractivity contribution in [3.63, 3.8) is 0 Å². The standard InChI is InChI=1S/C18H26N6O/c1-22-16(12-23-10-8-19-13-23)20-21-17(22)15-7-4-9-24(11-15)18(25)14-5-2-3-6-14/h8,10,13-15H,2-7,9,11-12H2,1H3. The summed E-state index contributed by atoms with van der Waals surface area (Å²) in [5.74, 6) is 2.83. The van der Waals surface area contributed by atoms with Gasteiger partial charge < -0.3 is 14.0 Å². The maximum Gasteiger partial charge on any atom is 0.225 e. The first-order valence-electron chi connectivity index (χ1n) is 9.35. The second-order valence-electron chi connectivity index (χ2n) is 7.37. The second kappa shape index (κ2) is 6.98. The first-order valence-corrected chi connectivity index (χ1v) is 9.35. The largest absolute Gasteiger partial charge is 0.342 e. The molecule has 0 spiro atoms. The molecule has 1 aliphatic heterocycles. The molecule has 2 aromatic heterocycles. The van der Waals surface area contributed by atoms with E-state index in [4.69, 9.17) is 0 Å². The van der Waals surface area contributed by atoms with E-state index < -0.39 is 0 Å². The van der Waals surface area contributed by atoms with E-state index in [1.807, 2.05) is 17.8 Å². The highest BCUT2D eigenvalue weighted by atomic mass is 16.2. The Balaban J connectivity index is 1.46. The van der Waals surface area contributed by atoms with Crippen LogP contribution in [0, 0.1) is 5.92 Å². The zero-order chi connectivity index (χ0) is 17.2. The Labute approximate surface area is 148 Å². The Morgan fingerprint density at radius 1 is 1.20 bits per heavy atom. The van der Waals surface area contributed by atoms with Crippen molar-refractivity contribution in [1.82, 2.24) is 29.2 Å². The molecule has 7 nitrogen and oxygen atoms in total. The average Bonchev–Trinajstić information content (AvgIpc) is 3.38. The van der Waals surface area contributed by atoms with E-state index in [-0.39, 0.29) is 11.8 Å². The molecule has 2 fully saturated rings. The first-order chi connectivity index (χ1) is 12.2. The van der Waals surface area contributed by atoms with Gasteiger partial charge in [-0.3, -0.25) is 4.79 Å². The van der Waals surface area contributed by atoms with Gasteiger partial charge in [0.1, 0.15) is 5.82 Å². The fourth-order valence-corrected chi connectivity index (χ4v) is 4.23. The van der Waals surface area contributed by atoms with Crippen LogP contribution in [-0.2, 0) is 18.4 Å². The number of hydrogen-bond acceptors (Lipinski definition) is 4. The average molecular weight is 342 g/mol. The molecule has 0 N–H and O–H groups in total. The summed E-state index contributed by atoms with van der Waals surface area (Å²) in [6, 6.07) is 0. The van der Waals surface area contributed by atoms with E-state index >= 15 is 0 Å². The lowest BCUT2D eigenvalue weighted by Crippen LogP contribution is -2.42. The van der Waals surface area contributed by atoms with Crippen LogP contribution < -0.4 is 0 Å². The minimum atomic E-state index is 0.259. The summed E-state index contributed by atoms with van der Waals surface area (Å²) in [7, 11) is 2.03. The summed E-state index contributed by atoms with van der Waals surface area (Å²) in [6.07, 6.45) is 12.2.